The summed E-state index contributed by atoms with van der Waals surface area (Å²) in [6, 6.07) is 0. The number of aromatic nitrogens is 1. The molecule has 70 valence electrons. The van der Waals surface area contributed by atoms with Crippen molar-refractivity contribution in [1.82, 2.24) is 4.73 Å². The second-order valence-electron chi connectivity index (χ2n) is 2.22. The van der Waals surface area contributed by atoms with Crippen LogP contribution < -0.4 is 17.0 Å². The Kier molecular flexibility index (Phi) is 2.40. The van der Waals surface area contributed by atoms with E-state index < -0.39 is 5.82 Å². The lowest BCUT2D eigenvalue weighted by molar-refractivity contribution is 0.175. The van der Waals surface area contributed by atoms with E-state index in [4.69, 9.17) is 16.9 Å². The van der Waals surface area contributed by atoms with Crippen LogP contribution in [0.25, 0.3) is 0 Å². The molecule has 0 atom stereocenters. The van der Waals surface area contributed by atoms with E-state index >= 15 is 0 Å². The number of pyridine rings is 1. The lowest BCUT2D eigenvalue weighted by atomic mass is 10.3. The van der Waals surface area contributed by atoms with Crippen LogP contribution in [0.5, 0.6) is 0 Å². The van der Waals surface area contributed by atoms with Gasteiger partial charge in [-0.25, -0.2) is 0 Å². The van der Waals surface area contributed by atoms with Crippen LogP contribution >= 0.6 is 22.6 Å². The quantitative estimate of drug-likeness (QED) is 0.338. The monoisotopic (exact) mass is 295 g/mol. The molecule has 0 amide bonds. The Morgan fingerprint density at radius 3 is 2.46 bits per heavy atom. The van der Waals surface area contributed by atoms with Gasteiger partial charge in [0, 0.05) is 0 Å². The van der Waals surface area contributed by atoms with Crippen LogP contribution in [0.1, 0.15) is 0 Å². The van der Waals surface area contributed by atoms with Crippen LogP contribution in [0.15, 0.2) is 5.18 Å². The number of hydrogen-bond acceptors (Lipinski definition) is 6. The highest BCUT2D eigenvalue weighted by Crippen LogP contribution is 2.27. The highest BCUT2D eigenvalue weighted by molar-refractivity contribution is 14.1. The summed E-state index contributed by atoms with van der Waals surface area (Å²) in [6.45, 7) is 0. The van der Waals surface area contributed by atoms with Crippen molar-refractivity contribution >= 4 is 39.8 Å². The molecule has 7 nitrogen and oxygen atoms in total. The number of hydrogen-bond donors (Lipinski definition) is 4. The molecule has 0 bridgehead atoms. The van der Waals surface area contributed by atoms with Gasteiger partial charge in [0.15, 0.2) is 5.49 Å². The van der Waals surface area contributed by atoms with E-state index in [1.807, 2.05) is 0 Å². The molecule has 0 unspecified atom stereocenters. The molecule has 1 heterocycles. The van der Waals surface area contributed by atoms with E-state index in [1.54, 1.807) is 22.6 Å². The number of nitrogens with zero attached hydrogens (tertiary/aromatic N) is 2. The summed E-state index contributed by atoms with van der Waals surface area (Å²) in [4.78, 5) is 10.2. The fourth-order valence-corrected chi connectivity index (χ4v) is 1.29. The number of halogens is 1. The van der Waals surface area contributed by atoms with Gasteiger partial charge in [0.05, 0.1) is 9.26 Å². The molecule has 0 aromatic carbocycles. The van der Waals surface area contributed by atoms with Crippen LogP contribution in [-0.2, 0) is 0 Å². The molecule has 0 aliphatic carbocycles. The van der Waals surface area contributed by atoms with Gasteiger partial charge >= 0.3 is 0 Å². The molecule has 0 aliphatic heterocycles. The number of nitrogen functional groups attached to an aromatic ring is 2. The third kappa shape index (κ3) is 1.32. The first-order valence-corrected chi connectivity index (χ1v) is 4.15. The second kappa shape index (κ2) is 3.20. The van der Waals surface area contributed by atoms with Crippen molar-refractivity contribution in [2.75, 3.05) is 11.5 Å². The first-order chi connectivity index (χ1) is 6.00. The maximum atomic E-state index is 10.2. The van der Waals surface area contributed by atoms with E-state index in [-0.39, 0.29) is 20.4 Å². The minimum Gasteiger partial charge on any atom is -0.425 e. The number of nitrogens with one attached hydrogen (secondary N) is 1. The number of rotatable bonds is 1. The van der Waals surface area contributed by atoms with E-state index in [1.165, 1.54) is 0 Å². The third-order valence-corrected chi connectivity index (χ3v) is 2.57. The van der Waals surface area contributed by atoms with Crippen LogP contribution in [-0.4, -0.2) is 9.94 Å². The van der Waals surface area contributed by atoms with E-state index in [0.29, 0.717) is 4.73 Å². The predicted molar refractivity (Wildman–Crippen MR) is 54.5 cm³/mol. The van der Waals surface area contributed by atoms with Crippen LogP contribution in [0.4, 0.5) is 17.2 Å². The molecule has 0 saturated carbocycles. The van der Waals surface area contributed by atoms with Crippen molar-refractivity contribution in [2.24, 2.45) is 5.18 Å². The average molecular weight is 295 g/mol. The molecule has 0 radical (unpaired) electrons. The van der Waals surface area contributed by atoms with Crippen LogP contribution in [0.3, 0.4) is 0 Å². The first-order valence-electron chi connectivity index (χ1n) is 3.07. The molecule has 0 spiro atoms. The summed E-state index contributed by atoms with van der Waals surface area (Å²) in [5, 5.41) is 18.9. The zero-order chi connectivity index (χ0) is 10.2. The molecular formula is C5H6IN5O2. The Morgan fingerprint density at radius 1 is 1.46 bits per heavy atom. The van der Waals surface area contributed by atoms with Gasteiger partial charge in [0.1, 0.15) is 5.69 Å². The third-order valence-electron chi connectivity index (χ3n) is 1.47. The average Bonchev–Trinajstić information content (AvgIpc) is 2.13. The van der Waals surface area contributed by atoms with E-state index in [0.717, 1.165) is 0 Å². The van der Waals surface area contributed by atoms with Gasteiger partial charge in [-0.15, -0.1) is 9.64 Å². The topological polar surface area (TPSA) is 130 Å². The summed E-state index contributed by atoms with van der Waals surface area (Å²) in [5.41, 5.74) is 10.5. The number of nitrogens with two attached hydrogens (primary N) is 2. The van der Waals surface area contributed by atoms with Gasteiger partial charge in [-0.3, -0.25) is 5.41 Å². The van der Waals surface area contributed by atoms with Gasteiger partial charge in [0.2, 0.25) is 5.82 Å². The molecule has 1 aromatic heterocycles. The van der Waals surface area contributed by atoms with Crippen LogP contribution in [0.2, 0.25) is 0 Å². The van der Waals surface area contributed by atoms with Gasteiger partial charge < -0.3 is 16.7 Å². The van der Waals surface area contributed by atoms with Crippen molar-refractivity contribution in [3.8, 4) is 0 Å². The Bertz CT molecular complexity index is 426. The summed E-state index contributed by atoms with van der Waals surface area (Å²) < 4.78 is 0.561. The lowest BCUT2D eigenvalue weighted by Gasteiger charge is -2.08. The molecule has 8 heteroatoms. The highest BCUT2D eigenvalue weighted by Gasteiger charge is 2.14. The fraction of sp³-hybridized carbons (Fsp3) is 0. The zero-order valence-electron chi connectivity index (χ0n) is 6.28. The molecule has 0 fully saturated rings. The largest absolute Gasteiger partial charge is 0.425 e. The van der Waals surface area contributed by atoms with Gasteiger partial charge in [-0.05, 0) is 27.8 Å². The maximum absolute atomic E-state index is 10.2. The van der Waals surface area contributed by atoms with Crippen LogP contribution in [0, 0.1) is 13.9 Å². The Labute approximate surface area is 85.9 Å². The van der Waals surface area contributed by atoms with Crippen molar-refractivity contribution in [2.45, 2.75) is 0 Å². The SMILES string of the molecule is N=c1c(I)c(N)c(N)c(N=O)n1O. The van der Waals surface area contributed by atoms with Crippen molar-refractivity contribution in [1.29, 1.82) is 5.41 Å². The summed E-state index contributed by atoms with van der Waals surface area (Å²) in [5.74, 6) is -0.456. The van der Waals surface area contributed by atoms with Gasteiger partial charge in [0.25, 0.3) is 0 Å². The summed E-state index contributed by atoms with van der Waals surface area (Å²) in [7, 11) is 0. The standard InChI is InChI=1S/C5H6IN5O2/c6-1-2(7)3(8)5(10-12)11(13)4(1)9/h9,13H,7-8H2. The van der Waals surface area contributed by atoms with Crippen molar-refractivity contribution in [3.05, 3.63) is 14.0 Å². The Morgan fingerprint density at radius 2 is 2.00 bits per heavy atom. The zero-order valence-corrected chi connectivity index (χ0v) is 8.44. The predicted octanol–water partition coefficient (Wildman–Crippen LogP) is 0.372. The maximum Gasteiger partial charge on any atom is 0.239 e. The first kappa shape index (κ1) is 9.77. The van der Waals surface area contributed by atoms with Crippen molar-refractivity contribution in [3.63, 3.8) is 0 Å². The molecule has 0 saturated heterocycles. The fourth-order valence-electron chi connectivity index (χ4n) is 0.767. The highest BCUT2D eigenvalue weighted by atomic mass is 127. The second-order valence-corrected chi connectivity index (χ2v) is 3.30. The normalized spacial score (nSPS) is 9.92. The number of nitroso groups, excluding NO2 is 1. The van der Waals surface area contributed by atoms with Gasteiger partial charge in [-0.1, -0.05) is 0 Å². The molecule has 13 heavy (non-hydrogen) atoms. The number of anilines is 2. The molecule has 1 aromatic rings. The minimum atomic E-state index is -0.456. The summed E-state index contributed by atoms with van der Waals surface area (Å²) >= 11 is 1.74. The van der Waals surface area contributed by atoms with Crippen molar-refractivity contribution < 1.29 is 5.21 Å². The minimum absolute atomic E-state index is 0.0745. The molecule has 1 rings (SSSR count). The Hall–Kier alpha value is -1.32. The lowest BCUT2D eigenvalue weighted by Crippen LogP contribution is -2.23. The molecular weight excluding hydrogens is 289 g/mol. The Balaban J connectivity index is 3.77. The van der Waals surface area contributed by atoms with E-state index in [9.17, 15) is 10.1 Å². The molecule has 6 N–H and O–H groups in total. The summed E-state index contributed by atoms with van der Waals surface area (Å²) in [6.07, 6.45) is 0. The molecule has 0 aliphatic rings. The van der Waals surface area contributed by atoms with E-state index in [2.05, 4.69) is 5.18 Å². The van der Waals surface area contributed by atoms with Gasteiger partial charge in [-0.2, -0.15) is 0 Å². The smallest absolute Gasteiger partial charge is 0.239 e.